The zero-order valence-corrected chi connectivity index (χ0v) is 11.2. The summed E-state index contributed by atoms with van der Waals surface area (Å²) < 4.78 is 18.7. The Kier molecular flexibility index (Phi) is 3.31. The number of para-hydroxylation sites is 1. The molecular formula is C16H14FN3O. The predicted molar refractivity (Wildman–Crippen MR) is 81.3 cm³/mol. The second-order valence-electron chi connectivity index (χ2n) is 4.69. The number of hydrogen-bond acceptors (Lipinski definition) is 4. The molecule has 0 bridgehead atoms. The van der Waals surface area contributed by atoms with E-state index in [1.165, 1.54) is 18.2 Å². The molecular weight excluding hydrogens is 269 g/mol. The van der Waals surface area contributed by atoms with E-state index in [1.807, 2.05) is 24.3 Å². The van der Waals surface area contributed by atoms with Crippen LogP contribution >= 0.6 is 0 Å². The fourth-order valence-corrected chi connectivity index (χ4v) is 2.08. The Balaban J connectivity index is 1.85. The van der Waals surface area contributed by atoms with Crippen LogP contribution in [-0.2, 0) is 6.61 Å². The number of nitrogens with zero attached hydrogens (tertiary/aromatic N) is 1. The number of halogens is 1. The highest BCUT2D eigenvalue weighted by Crippen LogP contribution is 2.24. The van der Waals surface area contributed by atoms with Gasteiger partial charge in [-0.25, -0.2) is 9.37 Å². The topological polar surface area (TPSA) is 74.2 Å². The van der Waals surface area contributed by atoms with Crippen LogP contribution in [0.25, 0.3) is 10.9 Å². The maximum atomic E-state index is 13.2. The van der Waals surface area contributed by atoms with E-state index in [9.17, 15) is 4.39 Å². The second kappa shape index (κ2) is 5.28. The quantitative estimate of drug-likeness (QED) is 0.724. The largest absolute Gasteiger partial charge is 0.485 e. The standard InChI is InChI=1S/C16H14FN3O/c17-11-5-7-13(18)15(8-11)21-9-12-6-4-10-2-1-3-14(19)16(10)20-12/h1-8H,9,18-19H2. The van der Waals surface area contributed by atoms with Crippen LogP contribution in [0.15, 0.2) is 48.5 Å². The van der Waals surface area contributed by atoms with Crippen molar-refractivity contribution >= 4 is 22.3 Å². The van der Waals surface area contributed by atoms with Gasteiger partial charge in [0.15, 0.2) is 0 Å². The lowest BCUT2D eigenvalue weighted by Gasteiger charge is -2.09. The maximum absolute atomic E-state index is 13.2. The summed E-state index contributed by atoms with van der Waals surface area (Å²) in [4.78, 5) is 4.46. The van der Waals surface area contributed by atoms with Gasteiger partial charge in [0.05, 0.1) is 22.6 Å². The summed E-state index contributed by atoms with van der Waals surface area (Å²) in [6.07, 6.45) is 0. The SMILES string of the molecule is Nc1ccc(F)cc1OCc1ccc2cccc(N)c2n1. The van der Waals surface area contributed by atoms with E-state index >= 15 is 0 Å². The molecule has 2 aromatic carbocycles. The van der Waals surface area contributed by atoms with Crippen LogP contribution in [-0.4, -0.2) is 4.98 Å². The lowest BCUT2D eigenvalue weighted by Crippen LogP contribution is -2.02. The van der Waals surface area contributed by atoms with E-state index < -0.39 is 5.82 Å². The fourth-order valence-electron chi connectivity index (χ4n) is 2.08. The van der Waals surface area contributed by atoms with Crippen molar-refractivity contribution in [2.75, 3.05) is 11.5 Å². The highest BCUT2D eigenvalue weighted by atomic mass is 19.1. The van der Waals surface area contributed by atoms with Crippen molar-refractivity contribution in [3.63, 3.8) is 0 Å². The number of aromatic nitrogens is 1. The van der Waals surface area contributed by atoms with Gasteiger partial charge in [0, 0.05) is 11.5 Å². The van der Waals surface area contributed by atoms with Gasteiger partial charge < -0.3 is 16.2 Å². The van der Waals surface area contributed by atoms with Gasteiger partial charge in [0.2, 0.25) is 0 Å². The first-order valence-corrected chi connectivity index (χ1v) is 6.45. The van der Waals surface area contributed by atoms with E-state index in [2.05, 4.69) is 4.98 Å². The Morgan fingerprint density at radius 2 is 1.86 bits per heavy atom. The summed E-state index contributed by atoms with van der Waals surface area (Å²) in [5, 5.41) is 0.962. The molecule has 0 saturated heterocycles. The van der Waals surface area contributed by atoms with E-state index in [-0.39, 0.29) is 6.61 Å². The maximum Gasteiger partial charge on any atom is 0.145 e. The van der Waals surface area contributed by atoms with Gasteiger partial charge in [0.1, 0.15) is 18.2 Å². The molecule has 21 heavy (non-hydrogen) atoms. The number of nitrogen functional groups attached to an aromatic ring is 2. The van der Waals surface area contributed by atoms with Crippen molar-refractivity contribution in [3.8, 4) is 5.75 Å². The van der Waals surface area contributed by atoms with Crippen LogP contribution < -0.4 is 16.2 Å². The third-order valence-corrected chi connectivity index (χ3v) is 3.16. The first-order chi connectivity index (χ1) is 10.1. The van der Waals surface area contributed by atoms with E-state index in [4.69, 9.17) is 16.2 Å². The number of hydrogen-bond donors (Lipinski definition) is 2. The lowest BCUT2D eigenvalue weighted by atomic mass is 10.2. The molecule has 0 fully saturated rings. The normalized spacial score (nSPS) is 10.7. The summed E-state index contributed by atoms with van der Waals surface area (Å²) in [6.45, 7) is 0.192. The molecule has 4 N–H and O–H groups in total. The molecule has 0 amide bonds. The van der Waals surface area contributed by atoms with Crippen molar-refractivity contribution in [1.29, 1.82) is 0 Å². The first kappa shape index (κ1) is 13.2. The number of benzene rings is 2. The smallest absolute Gasteiger partial charge is 0.145 e. The number of rotatable bonds is 3. The van der Waals surface area contributed by atoms with Gasteiger partial charge in [0.25, 0.3) is 0 Å². The van der Waals surface area contributed by atoms with Gasteiger partial charge >= 0.3 is 0 Å². The molecule has 0 atom stereocenters. The van der Waals surface area contributed by atoms with Crippen LogP contribution in [0.2, 0.25) is 0 Å². The van der Waals surface area contributed by atoms with Gasteiger partial charge in [-0.15, -0.1) is 0 Å². The number of fused-ring (bicyclic) bond motifs is 1. The molecule has 0 spiro atoms. The number of anilines is 2. The number of nitrogens with two attached hydrogens (primary N) is 2. The molecule has 106 valence electrons. The van der Waals surface area contributed by atoms with Crippen molar-refractivity contribution < 1.29 is 9.13 Å². The Labute approximate surface area is 121 Å². The zero-order valence-electron chi connectivity index (χ0n) is 11.2. The highest BCUT2D eigenvalue weighted by molar-refractivity contribution is 5.89. The van der Waals surface area contributed by atoms with Crippen molar-refractivity contribution in [2.45, 2.75) is 6.61 Å². The van der Waals surface area contributed by atoms with Crippen LogP contribution in [0.5, 0.6) is 5.75 Å². The van der Waals surface area contributed by atoms with Gasteiger partial charge in [-0.05, 0) is 24.3 Å². The Morgan fingerprint density at radius 1 is 1.00 bits per heavy atom. The fraction of sp³-hybridized carbons (Fsp3) is 0.0625. The third-order valence-electron chi connectivity index (χ3n) is 3.16. The first-order valence-electron chi connectivity index (χ1n) is 6.45. The van der Waals surface area contributed by atoms with Gasteiger partial charge in [-0.1, -0.05) is 18.2 Å². The Morgan fingerprint density at radius 3 is 2.71 bits per heavy atom. The molecule has 3 rings (SSSR count). The van der Waals surface area contributed by atoms with Crippen LogP contribution in [0, 0.1) is 5.82 Å². The highest BCUT2D eigenvalue weighted by Gasteiger charge is 2.05. The predicted octanol–water partition coefficient (Wildman–Crippen LogP) is 3.12. The minimum atomic E-state index is -0.394. The molecule has 0 unspecified atom stereocenters. The molecule has 0 saturated carbocycles. The monoisotopic (exact) mass is 283 g/mol. The third kappa shape index (κ3) is 2.72. The zero-order chi connectivity index (χ0) is 14.8. The summed E-state index contributed by atoms with van der Waals surface area (Å²) >= 11 is 0. The lowest BCUT2D eigenvalue weighted by molar-refractivity contribution is 0.302. The molecule has 1 aromatic heterocycles. The Hall–Kier alpha value is -2.82. The average Bonchev–Trinajstić information content (AvgIpc) is 2.49. The molecule has 0 aliphatic carbocycles. The van der Waals surface area contributed by atoms with Crippen molar-refractivity contribution in [1.82, 2.24) is 4.98 Å². The van der Waals surface area contributed by atoms with E-state index in [0.29, 0.717) is 22.8 Å². The van der Waals surface area contributed by atoms with Crippen LogP contribution in [0.1, 0.15) is 5.69 Å². The van der Waals surface area contributed by atoms with E-state index in [1.54, 1.807) is 6.07 Å². The van der Waals surface area contributed by atoms with Crippen LogP contribution in [0.4, 0.5) is 15.8 Å². The van der Waals surface area contributed by atoms with Crippen molar-refractivity contribution in [3.05, 3.63) is 60.0 Å². The minimum Gasteiger partial charge on any atom is -0.485 e. The molecule has 0 radical (unpaired) electrons. The second-order valence-corrected chi connectivity index (χ2v) is 4.69. The van der Waals surface area contributed by atoms with Crippen molar-refractivity contribution in [2.24, 2.45) is 0 Å². The molecule has 0 aliphatic heterocycles. The van der Waals surface area contributed by atoms with Gasteiger partial charge in [-0.3, -0.25) is 0 Å². The summed E-state index contributed by atoms with van der Waals surface area (Å²) in [6, 6.07) is 13.4. The summed E-state index contributed by atoms with van der Waals surface area (Å²) in [7, 11) is 0. The van der Waals surface area contributed by atoms with E-state index in [0.717, 1.165) is 10.9 Å². The van der Waals surface area contributed by atoms with Gasteiger partial charge in [-0.2, -0.15) is 0 Å². The molecule has 5 heteroatoms. The molecule has 3 aromatic rings. The number of pyridine rings is 1. The Bertz CT molecular complexity index is 805. The number of ether oxygens (including phenoxy) is 1. The molecule has 0 aliphatic rings. The molecule has 4 nitrogen and oxygen atoms in total. The molecule has 1 heterocycles. The minimum absolute atomic E-state index is 0.192. The summed E-state index contributed by atoms with van der Waals surface area (Å²) in [5.41, 5.74) is 14.1. The summed E-state index contributed by atoms with van der Waals surface area (Å²) in [5.74, 6) is -0.0900. The average molecular weight is 283 g/mol. The van der Waals surface area contributed by atoms with Crippen LogP contribution in [0.3, 0.4) is 0 Å².